The molecule has 1 unspecified atom stereocenters. The van der Waals surface area contributed by atoms with Gasteiger partial charge >= 0.3 is 0 Å². The molecule has 2 rings (SSSR count). The van der Waals surface area contributed by atoms with Crippen molar-refractivity contribution in [3.05, 3.63) is 40.5 Å². The van der Waals surface area contributed by atoms with Crippen LogP contribution in [0.4, 0.5) is 5.00 Å². The molecular weight excluding hydrogens is 330 g/mol. The first-order chi connectivity index (χ1) is 9.82. The van der Waals surface area contributed by atoms with Crippen molar-refractivity contribution >= 4 is 38.0 Å². The highest BCUT2D eigenvalue weighted by atomic mass is 35.5. The summed E-state index contributed by atoms with van der Waals surface area (Å²) in [4.78, 5) is 0.275. The Morgan fingerprint density at radius 1 is 1.38 bits per heavy atom. The number of nitrogens with one attached hydrogen (secondary N) is 1. The highest BCUT2D eigenvalue weighted by Crippen LogP contribution is 2.30. The summed E-state index contributed by atoms with van der Waals surface area (Å²) in [5.41, 5.74) is 1.22. The molecule has 0 aliphatic carbocycles. The first-order valence-corrected chi connectivity index (χ1v) is 8.99. The van der Waals surface area contributed by atoms with Gasteiger partial charge in [0.1, 0.15) is 16.6 Å². The third kappa shape index (κ3) is 3.53. The minimum atomic E-state index is -3.20. The van der Waals surface area contributed by atoms with E-state index in [0.717, 1.165) is 17.1 Å². The molecular formula is C13H12ClN3O2S2. The SMILES string of the molecule is CC(Nc1snc(Cl)c1C#N)c1ccc(S(C)(=O)=O)cc1. The lowest BCUT2D eigenvalue weighted by Gasteiger charge is -2.14. The van der Waals surface area contributed by atoms with E-state index in [1.54, 1.807) is 24.3 Å². The van der Waals surface area contributed by atoms with Gasteiger partial charge in [0.05, 0.1) is 4.90 Å². The Bertz CT molecular complexity index is 792. The molecule has 1 heterocycles. The predicted octanol–water partition coefficient (Wildman–Crippen LogP) is 3.24. The lowest BCUT2D eigenvalue weighted by Crippen LogP contribution is -2.07. The number of nitrogens with zero attached hydrogens (tertiary/aromatic N) is 2. The molecule has 0 bridgehead atoms. The van der Waals surface area contributed by atoms with Gasteiger partial charge in [-0.15, -0.1) is 0 Å². The zero-order valence-corrected chi connectivity index (χ0v) is 13.7. The van der Waals surface area contributed by atoms with Crippen LogP contribution in [0.15, 0.2) is 29.2 Å². The fourth-order valence-electron chi connectivity index (χ4n) is 1.75. The van der Waals surface area contributed by atoms with Gasteiger partial charge < -0.3 is 5.32 Å². The third-order valence-electron chi connectivity index (χ3n) is 2.92. The first kappa shape index (κ1) is 15.8. The Morgan fingerprint density at radius 2 is 2.00 bits per heavy atom. The average molecular weight is 342 g/mol. The van der Waals surface area contributed by atoms with Crippen molar-refractivity contribution in [1.82, 2.24) is 4.37 Å². The summed E-state index contributed by atoms with van der Waals surface area (Å²) >= 11 is 6.94. The van der Waals surface area contributed by atoms with E-state index in [1.165, 1.54) is 6.26 Å². The summed E-state index contributed by atoms with van der Waals surface area (Å²) < 4.78 is 26.8. The molecule has 0 spiro atoms. The fraction of sp³-hybridized carbons (Fsp3) is 0.231. The third-order valence-corrected chi connectivity index (χ3v) is 5.20. The normalized spacial score (nSPS) is 12.7. The second-order valence-electron chi connectivity index (χ2n) is 4.50. The maximum absolute atomic E-state index is 11.4. The topological polar surface area (TPSA) is 82.8 Å². The Morgan fingerprint density at radius 3 is 2.52 bits per heavy atom. The summed E-state index contributed by atoms with van der Waals surface area (Å²) in [5, 5.41) is 13.0. The van der Waals surface area contributed by atoms with Gasteiger partial charge in [0.2, 0.25) is 0 Å². The Hall–Kier alpha value is -1.62. The summed E-state index contributed by atoms with van der Waals surface area (Å²) in [7, 11) is -3.20. The molecule has 0 fully saturated rings. The van der Waals surface area contributed by atoms with Crippen LogP contribution >= 0.6 is 23.1 Å². The van der Waals surface area contributed by atoms with Gasteiger partial charge in [0, 0.05) is 12.3 Å². The predicted molar refractivity (Wildman–Crippen MR) is 83.4 cm³/mol. The van der Waals surface area contributed by atoms with Crippen molar-refractivity contribution in [2.45, 2.75) is 17.9 Å². The molecule has 110 valence electrons. The number of nitriles is 1. The maximum Gasteiger partial charge on any atom is 0.175 e. The van der Waals surface area contributed by atoms with Gasteiger partial charge in [-0.2, -0.15) is 9.64 Å². The first-order valence-electron chi connectivity index (χ1n) is 5.94. The number of hydrogen-bond donors (Lipinski definition) is 1. The van der Waals surface area contributed by atoms with Crippen molar-refractivity contribution in [1.29, 1.82) is 5.26 Å². The van der Waals surface area contributed by atoms with E-state index in [-0.39, 0.29) is 16.1 Å². The molecule has 5 nitrogen and oxygen atoms in total. The van der Waals surface area contributed by atoms with E-state index in [4.69, 9.17) is 16.9 Å². The van der Waals surface area contributed by atoms with Crippen molar-refractivity contribution in [3.63, 3.8) is 0 Å². The number of anilines is 1. The molecule has 0 aliphatic heterocycles. The van der Waals surface area contributed by atoms with Crippen LogP contribution in [0.3, 0.4) is 0 Å². The minimum absolute atomic E-state index is 0.109. The lowest BCUT2D eigenvalue weighted by atomic mass is 10.1. The lowest BCUT2D eigenvalue weighted by molar-refractivity contribution is 0.602. The van der Waals surface area contributed by atoms with Crippen LogP contribution in [-0.2, 0) is 9.84 Å². The van der Waals surface area contributed by atoms with Crippen LogP contribution in [-0.4, -0.2) is 19.0 Å². The van der Waals surface area contributed by atoms with Gasteiger partial charge in [0.25, 0.3) is 0 Å². The molecule has 0 saturated heterocycles. The Labute approximate surface area is 132 Å². The number of hydrogen-bond acceptors (Lipinski definition) is 6. The zero-order chi connectivity index (χ0) is 15.6. The molecule has 1 atom stereocenters. The van der Waals surface area contributed by atoms with Crippen LogP contribution < -0.4 is 5.32 Å². The summed E-state index contributed by atoms with van der Waals surface area (Å²) in [6, 6.07) is 8.50. The summed E-state index contributed by atoms with van der Waals surface area (Å²) in [6.45, 7) is 1.91. The van der Waals surface area contributed by atoms with Gasteiger partial charge in [-0.1, -0.05) is 23.7 Å². The molecule has 21 heavy (non-hydrogen) atoms. The monoisotopic (exact) mass is 341 g/mol. The van der Waals surface area contributed by atoms with Crippen LogP contribution in [0.1, 0.15) is 24.1 Å². The number of sulfone groups is 1. The van der Waals surface area contributed by atoms with Crippen molar-refractivity contribution in [2.75, 3.05) is 11.6 Å². The number of aromatic nitrogens is 1. The van der Waals surface area contributed by atoms with Gasteiger partial charge in [-0.3, -0.25) is 0 Å². The van der Waals surface area contributed by atoms with Crippen molar-refractivity contribution in [3.8, 4) is 6.07 Å². The molecule has 1 aromatic heterocycles. The summed E-state index contributed by atoms with van der Waals surface area (Å²) in [6.07, 6.45) is 1.17. The number of rotatable bonds is 4. The Balaban J connectivity index is 2.21. The maximum atomic E-state index is 11.4. The molecule has 0 radical (unpaired) electrons. The van der Waals surface area contributed by atoms with Crippen LogP contribution in [0, 0.1) is 11.3 Å². The molecule has 2 aromatic rings. The minimum Gasteiger partial charge on any atom is -0.368 e. The zero-order valence-electron chi connectivity index (χ0n) is 11.3. The van der Waals surface area contributed by atoms with E-state index in [1.807, 2.05) is 13.0 Å². The molecule has 0 saturated carbocycles. The van der Waals surface area contributed by atoms with E-state index in [0.29, 0.717) is 10.6 Å². The highest BCUT2D eigenvalue weighted by molar-refractivity contribution is 7.90. The van der Waals surface area contributed by atoms with E-state index < -0.39 is 9.84 Å². The van der Waals surface area contributed by atoms with E-state index >= 15 is 0 Å². The molecule has 8 heteroatoms. The standard InChI is InChI=1S/C13H12ClN3O2S2/c1-8(16-13-11(7-15)12(14)17-20-13)9-3-5-10(6-4-9)21(2,18)19/h3-6,8,16H,1-2H3. The molecule has 1 aromatic carbocycles. The van der Waals surface area contributed by atoms with E-state index in [2.05, 4.69) is 9.69 Å². The molecule has 0 amide bonds. The van der Waals surface area contributed by atoms with Crippen LogP contribution in [0.2, 0.25) is 5.15 Å². The largest absolute Gasteiger partial charge is 0.368 e. The van der Waals surface area contributed by atoms with Crippen molar-refractivity contribution in [2.24, 2.45) is 0 Å². The average Bonchev–Trinajstić information content (AvgIpc) is 2.78. The van der Waals surface area contributed by atoms with Gasteiger partial charge in [-0.05, 0) is 36.2 Å². The second-order valence-corrected chi connectivity index (χ2v) is 7.64. The quantitative estimate of drug-likeness (QED) is 0.922. The van der Waals surface area contributed by atoms with Crippen molar-refractivity contribution < 1.29 is 8.42 Å². The number of halogens is 1. The highest BCUT2D eigenvalue weighted by Gasteiger charge is 2.15. The fourth-order valence-corrected chi connectivity index (χ4v) is 3.40. The second kappa shape index (κ2) is 6.02. The Kier molecular flexibility index (Phi) is 4.52. The molecule has 1 N–H and O–H groups in total. The van der Waals surface area contributed by atoms with Crippen LogP contribution in [0.25, 0.3) is 0 Å². The summed E-state index contributed by atoms with van der Waals surface area (Å²) in [5.74, 6) is 0. The molecule has 0 aliphatic rings. The van der Waals surface area contributed by atoms with Crippen LogP contribution in [0.5, 0.6) is 0 Å². The van der Waals surface area contributed by atoms with Gasteiger partial charge in [0.15, 0.2) is 15.0 Å². The smallest absolute Gasteiger partial charge is 0.175 e. The van der Waals surface area contributed by atoms with E-state index in [9.17, 15) is 8.42 Å². The van der Waals surface area contributed by atoms with Gasteiger partial charge in [-0.25, -0.2) is 8.42 Å². The number of benzene rings is 1.